The summed E-state index contributed by atoms with van der Waals surface area (Å²) in [5, 5.41) is 10.5. The zero-order valence-electron chi connectivity index (χ0n) is 18.6. The van der Waals surface area contributed by atoms with Crippen molar-refractivity contribution in [2.75, 3.05) is 18.0 Å². The molecule has 11 nitrogen and oxygen atoms in total. The average molecular weight is 477 g/mol. The van der Waals surface area contributed by atoms with Gasteiger partial charge in [-0.1, -0.05) is 29.5 Å². The van der Waals surface area contributed by atoms with Gasteiger partial charge in [-0.05, 0) is 29.3 Å². The van der Waals surface area contributed by atoms with E-state index in [1.807, 2.05) is 12.1 Å². The quantitative estimate of drug-likeness (QED) is 0.433. The van der Waals surface area contributed by atoms with Crippen LogP contribution in [0.1, 0.15) is 12.5 Å². The molecule has 2 N–H and O–H groups in total. The number of benzene rings is 2. The van der Waals surface area contributed by atoms with Crippen molar-refractivity contribution in [2.24, 2.45) is 0 Å². The van der Waals surface area contributed by atoms with Crippen molar-refractivity contribution < 1.29 is 18.7 Å². The first kappa shape index (κ1) is 22.2. The number of carbonyl (C=O) groups is 2. The van der Waals surface area contributed by atoms with Gasteiger partial charge in [-0.2, -0.15) is 0 Å². The summed E-state index contributed by atoms with van der Waals surface area (Å²) in [5.74, 6) is -0.707. The molecule has 3 heterocycles. The van der Waals surface area contributed by atoms with E-state index in [4.69, 9.17) is 4.74 Å². The van der Waals surface area contributed by atoms with Gasteiger partial charge < -0.3 is 15.0 Å². The number of halogens is 1. The Morgan fingerprint density at radius 2 is 2.03 bits per heavy atom. The minimum absolute atomic E-state index is 0.162. The van der Waals surface area contributed by atoms with E-state index in [-0.39, 0.29) is 30.1 Å². The van der Waals surface area contributed by atoms with Gasteiger partial charge in [0.05, 0.1) is 31.6 Å². The van der Waals surface area contributed by atoms with E-state index >= 15 is 0 Å². The Labute approximate surface area is 197 Å². The molecule has 4 aromatic rings. The van der Waals surface area contributed by atoms with Gasteiger partial charge in [0, 0.05) is 12.5 Å². The summed E-state index contributed by atoms with van der Waals surface area (Å²) in [6, 6.07) is 11.8. The maximum Gasteiger partial charge on any atom is 0.414 e. The van der Waals surface area contributed by atoms with Crippen LogP contribution in [0.25, 0.3) is 22.3 Å². The van der Waals surface area contributed by atoms with Gasteiger partial charge in [0.15, 0.2) is 11.2 Å². The van der Waals surface area contributed by atoms with Crippen LogP contribution < -0.4 is 15.8 Å². The van der Waals surface area contributed by atoms with Crippen molar-refractivity contribution in [3.63, 3.8) is 0 Å². The summed E-state index contributed by atoms with van der Waals surface area (Å²) in [7, 11) is 0. The van der Waals surface area contributed by atoms with E-state index in [1.165, 1.54) is 28.9 Å². The van der Waals surface area contributed by atoms with E-state index in [0.29, 0.717) is 29.0 Å². The Hall–Kier alpha value is -4.61. The molecule has 2 amide bonds. The summed E-state index contributed by atoms with van der Waals surface area (Å²) < 4.78 is 21.7. The maximum atomic E-state index is 15.0. The number of anilines is 1. The molecule has 0 unspecified atom stereocenters. The number of nitrogens with zero attached hydrogens (tertiary/aromatic N) is 5. The number of ether oxygens (including phenoxy) is 1. The van der Waals surface area contributed by atoms with Crippen LogP contribution in [-0.4, -0.2) is 56.2 Å². The molecule has 0 radical (unpaired) electrons. The highest BCUT2D eigenvalue weighted by Gasteiger charge is 2.32. The molecule has 0 aliphatic carbocycles. The topological polar surface area (TPSA) is 135 Å². The number of nitrogens with one attached hydrogen (secondary N) is 2. The molecule has 2 aromatic carbocycles. The van der Waals surface area contributed by atoms with Gasteiger partial charge in [-0.3, -0.25) is 14.5 Å². The number of fused-ring (bicyclic) bond motifs is 1. The second-order valence-electron chi connectivity index (χ2n) is 8.07. The van der Waals surface area contributed by atoms with Gasteiger partial charge in [0.2, 0.25) is 5.91 Å². The molecule has 178 valence electrons. The fourth-order valence-electron chi connectivity index (χ4n) is 3.87. The van der Waals surface area contributed by atoms with Gasteiger partial charge in [0.25, 0.3) is 5.56 Å². The smallest absolute Gasteiger partial charge is 0.414 e. The Bertz CT molecular complexity index is 1480. The lowest BCUT2D eigenvalue weighted by atomic mass is 10.0. The Kier molecular flexibility index (Phi) is 5.69. The number of hydrogen-bond donors (Lipinski definition) is 2. The first-order valence-electron chi connectivity index (χ1n) is 10.8. The minimum atomic E-state index is -0.589. The van der Waals surface area contributed by atoms with Crippen LogP contribution in [-0.2, 0) is 16.1 Å². The summed E-state index contributed by atoms with van der Waals surface area (Å²) in [6.07, 6.45) is 0.205. The second-order valence-corrected chi connectivity index (χ2v) is 8.07. The lowest BCUT2D eigenvalue weighted by Crippen LogP contribution is -2.33. The highest BCUT2D eigenvalue weighted by Crippen LogP contribution is 2.29. The average Bonchev–Trinajstić information content (AvgIpc) is 3.42. The summed E-state index contributed by atoms with van der Waals surface area (Å²) >= 11 is 0. The van der Waals surface area contributed by atoms with Crippen molar-refractivity contribution in [3.8, 4) is 11.1 Å². The van der Waals surface area contributed by atoms with Crippen LogP contribution in [0, 0.1) is 5.82 Å². The van der Waals surface area contributed by atoms with Crippen molar-refractivity contribution in [1.29, 1.82) is 0 Å². The number of H-pyrrole nitrogens is 1. The van der Waals surface area contributed by atoms with Crippen LogP contribution in [0.2, 0.25) is 0 Å². The van der Waals surface area contributed by atoms with Crippen molar-refractivity contribution in [2.45, 2.75) is 19.6 Å². The molecule has 2 aromatic heterocycles. The van der Waals surface area contributed by atoms with E-state index in [2.05, 4.69) is 25.6 Å². The molecule has 0 saturated carbocycles. The van der Waals surface area contributed by atoms with Crippen LogP contribution in [0.15, 0.2) is 53.6 Å². The molecule has 0 spiro atoms. The van der Waals surface area contributed by atoms with Crippen LogP contribution >= 0.6 is 0 Å². The molecule has 12 heteroatoms. The molecular weight excluding hydrogens is 457 g/mol. The predicted molar refractivity (Wildman–Crippen MR) is 123 cm³/mol. The van der Waals surface area contributed by atoms with Crippen LogP contribution in [0.3, 0.4) is 0 Å². The van der Waals surface area contributed by atoms with Crippen molar-refractivity contribution in [1.82, 2.24) is 30.3 Å². The molecule has 1 aliphatic rings. The predicted octanol–water partition coefficient (Wildman–Crippen LogP) is 1.83. The molecule has 5 rings (SSSR count). The molecule has 1 fully saturated rings. The van der Waals surface area contributed by atoms with Gasteiger partial charge in [0.1, 0.15) is 11.9 Å². The third-order valence-corrected chi connectivity index (χ3v) is 5.62. The Balaban J connectivity index is 1.31. The molecular formula is C23H20FN7O4. The molecule has 1 aliphatic heterocycles. The van der Waals surface area contributed by atoms with E-state index in [0.717, 1.165) is 5.56 Å². The highest BCUT2D eigenvalue weighted by atomic mass is 19.1. The third kappa shape index (κ3) is 4.45. The lowest BCUT2D eigenvalue weighted by molar-refractivity contribution is -0.119. The minimum Gasteiger partial charge on any atom is -0.442 e. The van der Waals surface area contributed by atoms with E-state index < -0.39 is 18.0 Å². The zero-order chi connectivity index (χ0) is 24.5. The Morgan fingerprint density at radius 1 is 1.23 bits per heavy atom. The lowest BCUT2D eigenvalue weighted by Gasteiger charge is -2.14. The maximum absolute atomic E-state index is 15.0. The van der Waals surface area contributed by atoms with Gasteiger partial charge >= 0.3 is 6.09 Å². The largest absolute Gasteiger partial charge is 0.442 e. The van der Waals surface area contributed by atoms with Crippen molar-refractivity contribution in [3.05, 3.63) is 70.5 Å². The molecule has 1 saturated heterocycles. The number of carbonyl (C=O) groups excluding carboxylic acids is 2. The number of hydrogen-bond acceptors (Lipinski definition) is 7. The summed E-state index contributed by atoms with van der Waals surface area (Å²) in [5.41, 5.74) is 2.45. The van der Waals surface area contributed by atoms with E-state index in [9.17, 15) is 18.8 Å². The number of rotatable bonds is 6. The van der Waals surface area contributed by atoms with Gasteiger partial charge in [-0.15, -0.1) is 5.10 Å². The Morgan fingerprint density at radius 3 is 2.77 bits per heavy atom. The second kappa shape index (κ2) is 8.97. The number of aromatic amines is 1. The first-order valence-corrected chi connectivity index (χ1v) is 10.8. The van der Waals surface area contributed by atoms with Crippen LogP contribution in [0.4, 0.5) is 14.9 Å². The standard InChI is InChI=1S/C23H20FN7O4/c1-13(32)25-9-17-11-30(23(34)35-17)16-6-7-18(19(24)8-16)15-4-2-14(3-5-15)10-31-21-20(28-29-31)22(33)27-12-26-21/h2-8,12,17H,9-11H2,1H3,(H,25,32)(H,26,27,33)/t17-/m0/s1. The first-order chi connectivity index (χ1) is 16.9. The highest BCUT2D eigenvalue weighted by molar-refractivity contribution is 5.90. The number of cyclic esters (lactones) is 1. The number of aromatic nitrogens is 5. The normalized spacial score (nSPS) is 15.4. The third-order valence-electron chi connectivity index (χ3n) is 5.62. The number of amides is 2. The monoisotopic (exact) mass is 477 g/mol. The fourth-order valence-corrected chi connectivity index (χ4v) is 3.87. The summed E-state index contributed by atoms with van der Waals surface area (Å²) in [6.45, 7) is 2.13. The molecule has 0 bridgehead atoms. The zero-order valence-corrected chi connectivity index (χ0v) is 18.6. The molecule has 35 heavy (non-hydrogen) atoms. The van der Waals surface area contributed by atoms with E-state index in [1.54, 1.807) is 24.3 Å². The van der Waals surface area contributed by atoms with Crippen LogP contribution in [0.5, 0.6) is 0 Å². The fraction of sp³-hybridized carbons (Fsp3) is 0.217. The van der Waals surface area contributed by atoms with Crippen molar-refractivity contribution >= 4 is 28.9 Å². The summed E-state index contributed by atoms with van der Waals surface area (Å²) in [4.78, 5) is 43.0. The SMILES string of the molecule is CC(=O)NC[C@H]1CN(c2ccc(-c3ccc(Cn4nnc5c(=O)[nH]cnc54)cc3)c(F)c2)C(=O)O1. The molecule has 1 atom stereocenters. The van der Waals surface area contributed by atoms with Gasteiger partial charge in [-0.25, -0.2) is 18.9 Å².